The molecule has 0 aliphatic carbocycles. The molecule has 9 nitrogen and oxygen atoms in total. The van der Waals surface area contributed by atoms with E-state index in [4.69, 9.17) is 4.74 Å². The maximum atomic E-state index is 12.7. The summed E-state index contributed by atoms with van der Waals surface area (Å²) in [5, 5.41) is 13.3. The van der Waals surface area contributed by atoms with Gasteiger partial charge in [0.15, 0.2) is 0 Å². The molecule has 0 unspecified atom stereocenters. The number of aromatic amines is 1. The van der Waals surface area contributed by atoms with Crippen molar-refractivity contribution in [3.8, 4) is 11.5 Å². The predicted octanol–water partition coefficient (Wildman–Crippen LogP) is 1.40. The summed E-state index contributed by atoms with van der Waals surface area (Å²) in [6, 6.07) is 2.02. The average molecular weight is 411 g/mol. The normalized spacial score (nSPS) is 17.8. The largest absolute Gasteiger partial charge is 0.369 e. The number of ether oxygens (including phenoxy) is 1. The molecule has 10 heteroatoms. The Morgan fingerprint density at radius 3 is 3.03 bits per heavy atom. The third-order valence-corrected chi connectivity index (χ3v) is 6.71. The van der Waals surface area contributed by atoms with E-state index in [0.29, 0.717) is 28.8 Å². The highest BCUT2D eigenvalue weighted by Gasteiger charge is 2.41. The third-order valence-electron chi connectivity index (χ3n) is 5.35. The Kier molecular flexibility index (Phi) is 4.82. The van der Waals surface area contributed by atoms with Gasteiger partial charge in [0.25, 0.3) is 5.91 Å². The maximum absolute atomic E-state index is 12.7. The van der Waals surface area contributed by atoms with Crippen molar-refractivity contribution in [1.29, 1.82) is 0 Å². The van der Waals surface area contributed by atoms with E-state index in [-0.39, 0.29) is 18.1 Å². The van der Waals surface area contributed by atoms with Gasteiger partial charge in [0.1, 0.15) is 17.1 Å². The van der Waals surface area contributed by atoms with Crippen molar-refractivity contribution < 1.29 is 9.53 Å². The first-order chi connectivity index (χ1) is 14.2. The quantitative estimate of drug-likeness (QED) is 0.594. The van der Waals surface area contributed by atoms with Gasteiger partial charge in [-0.1, -0.05) is 0 Å². The fraction of sp³-hybridized carbons (Fsp3) is 0.421. The first-order valence-electron chi connectivity index (χ1n) is 9.67. The number of hydrogen-bond donors (Lipinski definition) is 3. The lowest BCUT2D eigenvalue weighted by atomic mass is 9.86. The van der Waals surface area contributed by atoms with Crippen LogP contribution >= 0.6 is 11.3 Å². The fourth-order valence-electron chi connectivity index (χ4n) is 3.89. The van der Waals surface area contributed by atoms with Crippen molar-refractivity contribution in [1.82, 2.24) is 35.8 Å². The van der Waals surface area contributed by atoms with Gasteiger partial charge in [-0.25, -0.2) is 9.97 Å². The second-order valence-corrected chi connectivity index (χ2v) is 8.24. The molecule has 5 rings (SSSR count). The standard InChI is InChI=1S/C19H21N7O2S/c27-18(23-11-15-24-17(26-25-15)13-10-21-6-7-22-13)14-9-12-1-8-28-19(16(12)29-14)2-4-20-5-3-19/h6-7,9-10,20H,1-5,8,11H2,(H,23,27)(H,24,25,26). The zero-order chi connectivity index (χ0) is 19.7. The SMILES string of the molecule is O=C(NCc1nc(-c2cnccn2)n[nH]1)c1cc2c(s1)C1(CCNCC1)OCC2. The Morgan fingerprint density at radius 1 is 1.31 bits per heavy atom. The monoisotopic (exact) mass is 411 g/mol. The summed E-state index contributed by atoms with van der Waals surface area (Å²) in [6.45, 7) is 2.87. The summed E-state index contributed by atoms with van der Waals surface area (Å²) in [5.41, 5.74) is 1.61. The zero-order valence-electron chi connectivity index (χ0n) is 15.8. The van der Waals surface area contributed by atoms with Gasteiger partial charge in [0, 0.05) is 17.3 Å². The van der Waals surface area contributed by atoms with Crippen LogP contribution in [0.2, 0.25) is 0 Å². The molecule has 3 N–H and O–H groups in total. The van der Waals surface area contributed by atoms with E-state index in [1.165, 1.54) is 10.4 Å². The lowest BCUT2D eigenvalue weighted by Gasteiger charge is -2.40. The van der Waals surface area contributed by atoms with Crippen molar-refractivity contribution in [2.75, 3.05) is 19.7 Å². The topological polar surface area (TPSA) is 118 Å². The Hall–Kier alpha value is -2.69. The number of rotatable bonds is 4. The molecule has 3 aromatic rings. The van der Waals surface area contributed by atoms with E-state index in [1.54, 1.807) is 29.9 Å². The van der Waals surface area contributed by atoms with Gasteiger partial charge in [-0.05, 0) is 44.0 Å². The molecule has 0 aromatic carbocycles. The van der Waals surface area contributed by atoms with Crippen molar-refractivity contribution in [2.24, 2.45) is 0 Å². The predicted molar refractivity (Wildman–Crippen MR) is 106 cm³/mol. The second kappa shape index (κ2) is 7.62. The fourth-order valence-corrected chi connectivity index (χ4v) is 5.22. The van der Waals surface area contributed by atoms with Crippen molar-refractivity contribution in [3.05, 3.63) is 45.8 Å². The minimum absolute atomic E-state index is 0.106. The molecule has 3 aromatic heterocycles. The maximum Gasteiger partial charge on any atom is 0.261 e. The van der Waals surface area contributed by atoms with Gasteiger partial charge in [0.2, 0.25) is 5.82 Å². The lowest BCUT2D eigenvalue weighted by Crippen LogP contribution is -2.43. The second-order valence-electron chi connectivity index (χ2n) is 7.19. The van der Waals surface area contributed by atoms with Gasteiger partial charge in [-0.2, -0.15) is 5.10 Å². The number of amides is 1. The molecule has 0 radical (unpaired) electrons. The van der Waals surface area contributed by atoms with E-state index in [2.05, 4.69) is 35.8 Å². The highest BCUT2D eigenvalue weighted by atomic mass is 32.1. The summed E-state index contributed by atoms with van der Waals surface area (Å²) >= 11 is 1.56. The molecule has 0 saturated carbocycles. The number of fused-ring (bicyclic) bond motifs is 2. The van der Waals surface area contributed by atoms with Gasteiger partial charge >= 0.3 is 0 Å². The number of piperidine rings is 1. The van der Waals surface area contributed by atoms with E-state index >= 15 is 0 Å². The Labute approximate surface area is 171 Å². The van der Waals surface area contributed by atoms with Crippen LogP contribution in [0, 0.1) is 0 Å². The number of H-pyrrole nitrogens is 1. The van der Waals surface area contributed by atoms with Crippen LogP contribution < -0.4 is 10.6 Å². The number of carbonyl (C=O) groups is 1. The van der Waals surface area contributed by atoms with Crippen molar-refractivity contribution in [2.45, 2.75) is 31.4 Å². The number of hydrogen-bond acceptors (Lipinski definition) is 8. The van der Waals surface area contributed by atoms with Crippen LogP contribution in [0.4, 0.5) is 0 Å². The molecule has 2 aliphatic heterocycles. The molecule has 29 heavy (non-hydrogen) atoms. The summed E-state index contributed by atoms with van der Waals surface area (Å²) < 4.78 is 6.20. The molecular formula is C19H21N7O2S. The van der Waals surface area contributed by atoms with E-state index < -0.39 is 0 Å². The number of aromatic nitrogens is 5. The van der Waals surface area contributed by atoms with Crippen LogP contribution in [0.15, 0.2) is 24.7 Å². The summed E-state index contributed by atoms with van der Waals surface area (Å²) in [4.78, 5) is 27.2. The van der Waals surface area contributed by atoms with E-state index in [9.17, 15) is 4.79 Å². The van der Waals surface area contributed by atoms with Crippen LogP contribution in [0.1, 0.15) is 38.8 Å². The highest BCUT2D eigenvalue weighted by Crippen LogP contribution is 2.44. The molecule has 0 atom stereocenters. The Morgan fingerprint density at radius 2 is 2.21 bits per heavy atom. The Bertz CT molecular complexity index is 1010. The van der Waals surface area contributed by atoms with Crippen LogP contribution in [0.25, 0.3) is 11.5 Å². The van der Waals surface area contributed by atoms with Crippen molar-refractivity contribution in [3.63, 3.8) is 0 Å². The molecule has 1 spiro atoms. The lowest BCUT2D eigenvalue weighted by molar-refractivity contribution is -0.0771. The molecule has 1 amide bonds. The summed E-state index contributed by atoms with van der Waals surface area (Å²) in [7, 11) is 0. The third kappa shape index (κ3) is 3.54. The minimum Gasteiger partial charge on any atom is -0.369 e. The van der Waals surface area contributed by atoms with Gasteiger partial charge in [0.05, 0.1) is 24.2 Å². The smallest absolute Gasteiger partial charge is 0.261 e. The highest BCUT2D eigenvalue weighted by molar-refractivity contribution is 7.14. The number of nitrogens with zero attached hydrogens (tertiary/aromatic N) is 4. The number of nitrogens with one attached hydrogen (secondary N) is 3. The van der Waals surface area contributed by atoms with E-state index in [0.717, 1.165) is 32.4 Å². The Balaban J connectivity index is 1.28. The number of carbonyl (C=O) groups excluding carboxylic acids is 1. The van der Waals surface area contributed by atoms with Crippen molar-refractivity contribution >= 4 is 17.2 Å². The molecule has 150 valence electrons. The molecule has 1 saturated heterocycles. The van der Waals surface area contributed by atoms with Crippen LogP contribution in [0.5, 0.6) is 0 Å². The zero-order valence-corrected chi connectivity index (χ0v) is 16.6. The molecule has 5 heterocycles. The summed E-state index contributed by atoms with van der Waals surface area (Å²) in [5.74, 6) is 0.920. The van der Waals surface area contributed by atoms with Crippen LogP contribution in [0.3, 0.4) is 0 Å². The van der Waals surface area contributed by atoms with Crippen LogP contribution in [-0.2, 0) is 23.3 Å². The van der Waals surface area contributed by atoms with Gasteiger partial charge < -0.3 is 15.4 Å². The summed E-state index contributed by atoms with van der Waals surface area (Å²) in [6.07, 6.45) is 7.54. The molecular weight excluding hydrogens is 390 g/mol. The first kappa shape index (κ1) is 18.3. The molecule has 0 bridgehead atoms. The first-order valence-corrected chi connectivity index (χ1v) is 10.5. The molecule has 1 fully saturated rings. The van der Waals surface area contributed by atoms with Gasteiger partial charge in [-0.15, -0.1) is 11.3 Å². The van der Waals surface area contributed by atoms with Gasteiger partial charge in [-0.3, -0.25) is 14.9 Å². The van der Waals surface area contributed by atoms with Crippen LogP contribution in [-0.4, -0.2) is 50.8 Å². The average Bonchev–Trinajstić information content (AvgIpc) is 3.42. The van der Waals surface area contributed by atoms with E-state index in [1.807, 2.05) is 6.07 Å². The minimum atomic E-state index is -0.224. The molecule has 2 aliphatic rings. The number of thiophene rings is 1.